The van der Waals surface area contributed by atoms with Crippen molar-refractivity contribution in [2.45, 2.75) is 32.9 Å². The Hall–Kier alpha value is -1.81. The largest absolute Gasteiger partial charge is 0.350 e. The van der Waals surface area contributed by atoms with E-state index in [1.165, 1.54) is 0 Å². The lowest BCUT2D eigenvalue weighted by Gasteiger charge is -2.21. The van der Waals surface area contributed by atoms with Gasteiger partial charge in [-0.05, 0) is 40.9 Å². The van der Waals surface area contributed by atoms with Crippen molar-refractivity contribution in [3.05, 3.63) is 35.5 Å². The molecule has 0 aliphatic rings. The summed E-state index contributed by atoms with van der Waals surface area (Å²) in [5.41, 5.74) is 2.47. The van der Waals surface area contributed by atoms with E-state index in [0.29, 0.717) is 5.69 Å². The van der Waals surface area contributed by atoms with Gasteiger partial charge in [0.15, 0.2) is 0 Å². The number of H-pyrrole nitrogens is 1. The van der Waals surface area contributed by atoms with Gasteiger partial charge < -0.3 is 15.2 Å². The van der Waals surface area contributed by atoms with Gasteiger partial charge in [0.25, 0.3) is 5.91 Å². The smallest absolute Gasteiger partial charge is 0.268 e. The molecule has 1 aromatic heterocycles. The molecule has 0 saturated heterocycles. The Bertz CT molecular complexity index is 620. The second kappa shape index (κ2) is 5.29. The second-order valence-electron chi connectivity index (χ2n) is 6.47. The first-order chi connectivity index (χ1) is 9.28. The number of amides is 1. The Morgan fingerprint density at radius 3 is 2.50 bits per heavy atom. The average Bonchev–Trinajstić information content (AvgIpc) is 2.66. The van der Waals surface area contributed by atoms with Crippen molar-refractivity contribution >= 4 is 16.8 Å². The molecule has 1 heterocycles. The molecule has 2 N–H and O–H groups in total. The Kier molecular flexibility index (Phi) is 3.86. The van der Waals surface area contributed by atoms with Crippen LogP contribution in [-0.4, -0.2) is 35.4 Å². The van der Waals surface area contributed by atoms with E-state index in [1.807, 2.05) is 53.1 Å². The fraction of sp³-hybridized carbons (Fsp3) is 0.438. The number of nitrogens with one attached hydrogen (secondary N) is 2. The molecule has 0 saturated carbocycles. The van der Waals surface area contributed by atoms with Crippen LogP contribution in [0.4, 0.5) is 0 Å². The van der Waals surface area contributed by atoms with Gasteiger partial charge in [-0.15, -0.1) is 0 Å². The minimum atomic E-state index is -0.246. The van der Waals surface area contributed by atoms with Crippen LogP contribution in [0.15, 0.2) is 24.3 Å². The molecular formula is C16H23N3O. The molecular weight excluding hydrogens is 250 g/mol. The van der Waals surface area contributed by atoms with E-state index < -0.39 is 0 Å². The molecule has 0 unspecified atom stereocenters. The molecule has 0 spiro atoms. The maximum atomic E-state index is 12.5. The third-order valence-corrected chi connectivity index (χ3v) is 3.00. The quantitative estimate of drug-likeness (QED) is 0.903. The lowest BCUT2D eigenvalue weighted by Crippen LogP contribution is -2.41. The predicted octanol–water partition coefficient (Wildman–Crippen LogP) is 2.76. The fourth-order valence-electron chi connectivity index (χ4n) is 2.28. The zero-order valence-electron chi connectivity index (χ0n) is 12.9. The SMILES string of the molecule is CN(C)Cc1c(C(=O)NC(C)(C)C)[nH]c2ccccc12. The summed E-state index contributed by atoms with van der Waals surface area (Å²) in [5, 5.41) is 4.13. The molecule has 1 aromatic carbocycles. The minimum Gasteiger partial charge on any atom is -0.350 e. The van der Waals surface area contributed by atoms with Crippen LogP contribution < -0.4 is 5.32 Å². The van der Waals surface area contributed by atoms with Crippen LogP contribution in [0.25, 0.3) is 10.9 Å². The Morgan fingerprint density at radius 1 is 1.25 bits per heavy atom. The van der Waals surface area contributed by atoms with Crippen LogP contribution in [0.1, 0.15) is 36.8 Å². The van der Waals surface area contributed by atoms with Gasteiger partial charge in [-0.2, -0.15) is 0 Å². The monoisotopic (exact) mass is 273 g/mol. The van der Waals surface area contributed by atoms with E-state index in [1.54, 1.807) is 0 Å². The van der Waals surface area contributed by atoms with Crippen molar-refractivity contribution in [2.75, 3.05) is 14.1 Å². The number of hydrogen-bond donors (Lipinski definition) is 2. The van der Waals surface area contributed by atoms with Crippen LogP contribution in [-0.2, 0) is 6.54 Å². The summed E-state index contributed by atoms with van der Waals surface area (Å²) in [6.07, 6.45) is 0. The Labute approximate surface area is 120 Å². The Morgan fingerprint density at radius 2 is 1.90 bits per heavy atom. The summed E-state index contributed by atoms with van der Waals surface area (Å²) >= 11 is 0. The second-order valence-corrected chi connectivity index (χ2v) is 6.47. The number of fused-ring (bicyclic) bond motifs is 1. The minimum absolute atomic E-state index is 0.0504. The summed E-state index contributed by atoms with van der Waals surface area (Å²) in [6, 6.07) is 8.03. The van der Waals surface area contributed by atoms with Crippen molar-refractivity contribution in [3.63, 3.8) is 0 Å². The number of nitrogens with zero attached hydrogens (tertiary/aromatic N) is 1. The number of para-hydroxylation sites is 1. The molecule has 2 rings (SSSR count). The molecule has 20 heavy (non-hydrogen) atoms. The molecule has 4 nitrogen and oxygen atoms in total. The number of carbonyl (C=O) groups is 1. The molecule has 0 atom stereocenters. The van der Waals surface area contributed by atoms with E-state index in [-0.39, 0.29) is 11.4 Å². The highest BCUT2D eigenvalue weighted by atomic mass is 16.2. The number of aromatic amines is 1. The van der Waals surface area contributed by atoms with Gasteiger partial charge in [-0.3, -0.25) is 4.79 Å². The highest BCUT2D eigenvalue weighted by Gasteiger charge is 2.21. The third kappa shape index (κ3) is 3.20. The predicted molar refractivity (Wildman–Crippen MR) is 82.9 cm³/mol. The number of rotatable bonds is 3. The van der Waals surface area contributed by atoms with Crippen LogP contribution in [0.3, 0.4) is 0 Å². The number of hydrogen-bond acceptors (Lipinski definition) is 2. The van der Waals surface area contributed by atoms with Gasteiger partial charge in [0, 0.05) is 28.6 Å². The molecule has 0 radical (unpaired) electrons. The molecule has 0 aliphatic carbocycles. The van der Waals surface area contributed by atoms with Gasteiger partial charge in [0.1, 0.15) is 5.69 Å². The standard InChI is InChI=1S/C16H23N3O/c1-16(2,3)18-15(20)14-12(10-19(4)5)11-8-6-7-9-13(11)17-14/h6-9,17H,10H2,1-5H3,(H,18,20). The van der Waals surface area contributed by atoms with Crippen LogP contribution in [0, 0.1) is 0 Å². The van der Waals surface area contributed by atoms with E-state index in [4.69, 9.17) is 0 Å². The first-order valence-electron chi connectivity index (χ1n) is 6.85. The Balaban J connectivity index is 2.48. The number of aromatic nitrogens is 1. The van der Waals surface area contributed by atoms with Crippen molar-refractivity contribution in [2.24, 2.45) is 0 Å². The summed E-state index contributed by atoms with van der Waals surface area (Å²) < 4.78 is 0. The van der Waals surface area contributed by atoms with Crippen LogP contribution >= 0.6 is 0 Å². The molecule has 0 aliphatic heterocycles. The third-order valence-electron chi connectivity index (χ3n) is 3.00. The fourth-order valence-corrected chi connectivity index (χ4v) is 2.28. The highest BCUT2D eigenvalue weighted by molar-refractivity contribution is 6.01. The normalized spacial score (nSPS) is 12.1. The molecule has 0 bridgehead atoms. The van der Waals surface area contributed by atoms with Crippen molar-refractivity contribution < 1.29 is 4.79 Å². The zero-order valence-corrected chi connectivity index (χ0v) is 12.9. The highest BCUT2D eigenvalue weighted by Crippen LogP contribution is 2.23. The summed E-state index contributed by atoms with van der Waals surface area (Å²) in [6.45, 7) is 6.69. The van der Waals surface area contributed by atoms with Gasteiger partial charge in [-0.25, -0.2) is 0 Å². The van der Waals surface area contributed by atoms with Crippen LogP contribution in [0.5, 0.6) is 0 Å². The van der Waals surface area contributed by atoms with Crippen molar-refractivity contribution in [1.29, 1.82) is 0 Å². The average molecular weight is 273 g/mol. The molecule has 108 valence electrons. The van der Waals surface area contributed by atoms with E-state index >= 15 is 0 Å². The summed E-state index contributed by atoms with van der Waals surface area (Å²) in [5.74, 6) is -0.0504. The molecule has 0 fully saturated rings. The first-order valence-corrected chi connectivity index (χ1v) is 6.85. The molecule has 4 heteroatoms. The van der Waals surface area contributed by atoms with Crippen molar-refractivity contribution in [1.82, 2.24) is 15.2 Å². The van der Waals surface area contributed by atoms with E-state index in [9.17, 15) is 4.79 Å². The maximum absolute atomic E-state index is 12.5. The lowest BCUT2D eigenvalue weighted by molar-refractivity contribution is 0.0913. The molecule has 1 amide bonds. The zero-order chi connectivity index (χ0) is 14.9. The summed E-state index contributed by atoms with van der Waals surface area (Å²) in [4.78, 5) is 17.8. The van der Waals surface area contributed by atoms with Crippen molar-refractivity contribution in [3.8, 4) is 0 Å². The number of carbonyl (C=O) groups excluding carboxylic acids is 1. The van der Waals surface area contributed by atoms with E-state index in [2.05, 4.69) is 21.3 Å². The van der Waals surface area contributed by atoms with Gasteiger partial charge in [0.2, 0.25) is 0 Å². The number of benzene rings is 1. The van der Waals surface area contributed by atoms with Gasteiger partial charge in [-0.1, -0.05) is 18.2 Å². The van der Waals surface area contributed by atoms with Crippen LogP contribution in [0.2, 0.25) is 0 Å². The maximum Gasteiger partial charge on any atom is 0.268 e. The van der Waals surface area contributed by atoms with Gasteiger partial charge in [0.05, 0.1) is 0 Å². The summed E-state index contributed by atoms with van der Waals surface area (Å²) in [7, 11) is 4.01. The topological polar surface area (TPSA) is 48.1 Å². The lowest BCUT2D eigenvalue weighted by atomic mass is 10.1. The van der Waals surface area contributed by atoms with E-state index in [0.717, 1.165) is 23.0 Å². The van der Waals surface area contributed by atoms with Gasteiger partial charge >= 0.3 is 0 Å². The molecule has 2 aromatic rings. The first kappa shape index (κ1) is 14.6.